The van der Waals surface area contributed by atoms with Gasteiger partial charge in [0.2, 0.25) is 5.91 Å². The van der Waals surface area contributed by atoms with Crippen LogP contribution in [0.3, 0.4) is 0 Å². The average Bonchev–Trinajstić information content (AvgIpc) is 2.48. The van der Waals surface area contributed by atoms with Gasteiger partial charge in [0.1, 0.15) is 11.6 Å². The van der Waals surface area contributed by atoms with E-state index in [0.29, 0.717) is 0 Å². The number of primary amides is 1. The number of hydrogen-bond acceptors (Lipinski definition) is 3. The Labute approximate surface area is 130 Å². The number of aliphatic hydroxyl groups is 1. The van der Waals surface area contributed by atoms with Crippen molar-refractivity contribution in [3.8, 4) is 0 Å². The van der Waals surface area contributed by atoms with Crippen molar-refractivity contribution in [2.45, 2.75) is 12.5 Å². The van der Waals surface area contributed by atoms with E-state index in [-0.39, 0.29) is 23.2 Å². The molecule has 1 unspecified atom stereocenters. The Hall–Kier alpha value is -2.80. The summed E-state index contributed by atoms with van der Waals surface area (Å²) < 4.78 is 26.4. The molecule has 7 heteroatoms. The Morgan fingerprint density at radius 2 is 1.91 bits per heavy atom. The standard InChI is InChI=1S/C16H14F2N2O3/c17-10-3-1-2-9(6-10)14(21)8-15(22)20-11-4-5-13(18)12(7-11)16(19)23/h1-7,14,21H,8H2,(H2,19,23)(H,20,22). The van der Waals surface area contributed by atoms with E-state index >= 15 is 0 Å². The van der Waals surface area contributed by atoms with Crippen molar-refractivity contribution >= 4 is 17.5 Å². The number of carbonyl (C=O) groups excluding carboxylic acids is 2. The third kappa shape index (κ3) is 4.33. The van der Waals surface area contributed by atoms with Crippen LogP contribution >= 0.6 is 0 Å². The molecule has 5 nitrogen and oxygen atoms in total. The summed E-state index contributed by atoms with van der Waals surface area (Å²) in [5.74, 6) is -2.86. The summed E-state index contributed by atoms with van der Waals surface area (Å²) in [7, 11) is 0. The lowest BCUT2D eigenvalue weighted by Gasteiger charge is -2.12. The predicted octanol–water partition coefficient (Wildman–Crippen LogP) is 2.13. The van der Waals surface area contributed by atoms with Crippen LogP contribution < -0.4 is 11.1 Å². The summed E-state index contributed by atoms with van der Waals surface area (Å²) in [6, 6.07) is 8.62. The number of rotatable bonds is 5. The minimum Gasteiger partial charge on any atom is -0.388 e. The van der Waals surface area contributed by atoms with Crippen molar-refractivity contribution in [3.05, 3.63) is 65.2 Å². The molecule has 2 aromatic carbocycles. The molecule has 0 spiro atoms. The molecule has 0 fully saturated rings. The van der Waals surface area contributed by atoms with Crippen LogP contribution in [0.4, 0.5) is 14.5 Å². The molecule has 0 aromatic heterocycles. The van der Waals surface area contributed by atoms with Gasteiger partial charge in [0.05, 0.1) is 18.1 Å². The first-order chi connectivity index (χ1) is 10.9. The van der Waals surface area contributed by atoms with Crippen molar-refractivity contribution in [2.75, 3.05) is 5.32 Å². The smallest absolute Gasteiger partial charge is 0.251 e. The maximum absolute atomic E-state index is 13.3. The first kappa shape index (κ1) is 16.6. The number of aliphatic hydroxyl groups excluding tert-OH is 1. The van der Waals surface area contributed by atoms with Gasteiger partial charge in [-0.25, -0.2) is 8.78 Å². The zero-order valence-corrected chi connectivity index (χ0v) is 11.9. The van der Waals surface area contributed by atoms with Crippen LogP contribution in [-0.4, -0.2) is 16.9 Å². The third-order valence-electron chi connectivity index (χ3n) is 3.13. The molecule has 2 amide bonds. The molecule has 0 aliphatic heterocycles. The van der Waals surface area contributed by atoms with Crippen LogP contribution in [0.5, 0.6) is 0 Å². The van der Waals surface area contributed by atoms with Crippen molar-refractivity contribution in [1.29, 1.82) is 0 Å². The highest BCUT2D eigenvalue weighted by molar-refractivity contribution is 5.96. The Bertz CT molecular complexity index is 750. The molecular formula is C16H14F2N2O3. The van der Waals surface area contributed by atoms with E-state index in [1.54, 1.807) is 0 Å². The quantitative estimate of drug-likeness (QED) is 0.788. The average molecular weight is 320 g/mol. The molecule has 120 valence electrons. The largest absolute Gasteiger partial charge is 0.388 e. The molecule has 0 aliphatic carbocycles. The molecule has 2 rings (SSSR count). The van der Waals surface area contributed by atoms with Gasteiger partial charge in [-0.2, -0.15) is 0 Å². The number of nitrogens with one attached hydrogen (secondary N) is 1. The molecule has 2 aromatic rings. The van der Waals surface area contributed by atoms with Crippen LogP contribution in [0.25, 0.3) is 0 Å². The summed E-state index contributed by atoms with van der Waals surface area (Å²) in [6.07, 6.45) is -1.52. The maximum atomic E-state index is 13.3. The number of carbonyl (C=O) groups is 2. The van der Waals surface area contributed by atoms with Gasteiger partial charge in [-0.1, -0.05) is 12.1 Å². The summed E-state index contributed by atoms with van der Waals surface area (Å²) in [6.45, 7) is 0. The van der Waals surface area contributed by atoms with E-state index in [4.69, 9.17) is 5.73 Å². The zero-order chi connectivity index (χ0) is 17.0. The van der Waals surface area contributed by atoms with Crippen LogP contribution in [0.1, 0.15) is 28.4 Å². The minimum absolute atomic E-state index is 0.164. The van der Waals surface area contributed by atoms with Crippen molar-refractivity contribution in [3.63, 3.8) is 0 Å². The number of hydrogen-bond donors (Lipinski definition) is 3. The summed E-state index contributed by atoms with van der Waals surface area (Å²) in [4.78, 5) is 22.9. The van der Waals surface area contributed by atoms with E-state index in [1.807, 2.05) is 0 Å². The second-order valence-electron chi connectivity index (χ2n) is 4.88. The van der Waals surface area contributed by atoms with Crippen molar-refractivity contribution in [2.24, 2.45) is 5.73 Å². The van der Waals surface area contributed by atoms with Crippen LogP contribution in [0.15, 0.2) is 42.5 Å². The van der Waals surface area contributed by atoms with Gasteiger partial charge in [0, 0.05) is 5.69 Å². The predicted molar refractivity (Wildman–Crippen MR) is 79.5 cm³/mol. The molecular weight excluding hydrogens is 306 g/mol. The molecule has 0 bridgehead atoms. The molecule has 4 N–H and O–H groups in total. The molecule has 0 saturated carbocycles. The van der Waals surface area contributed by atoms with E-state index in [2.05, 4.69) is 5.32 Å². The van der Waals surface area contributed by atoms with Gasteiger partial charge in [0.15, 0.2) is 0 Å². The van der Waals surface area contributed by atoms with E-state index in [1.165, 1.54) is 24.3 Å². The van der Waals surface area contributed by atoms with Gasteiger partial charge < -0.3 is 16.2 Å². The summed E-state index contributed by atoms with van der Waals surface area (Å²) >= 11 is 0. The van der Waals surface area contributed by atoms with E-state index in [0.717, 1.165) is 18.2 Å². The van der Waals surface area contributed by atoms with E-state index < -0.39 is 29.6 Å². The third-order valence-corrected chi connectivity index (χ3v) is 3.13. The fourth-order valence-corrected chi connectivity index (χ4v) is 2.01. The monoisotopic (exact) mass is 320 g/mol. The highest BCUT2D eigenvalue weighted by Crippen LogP contribution is 2.19. The number of benzene rings is 2. The molecule has 0 heterocycles. The maximum Gasteiger partial charge on any atom is 0.251 e. The first-order valence-electron chi connectivity index (χ1n) is 6.69. The van der Waals surface area contributed by atoms with Crippen LogP contribution in [0.2, 0.25) is 0 Å². The van der Waals surface area contributed by atoms with Gasteiger partial charge in [-0.05, 0) is 35.9 Å². The fourth-order valence-electron chi connectivity index (χ4n) is 2.01. The molecule has 0 saturated heterocycles. The molecule has 1 atom stereocenters. The number of nitrogens with two attached hydrogens (primary N) is 1. The Morgan fingerprint density at radius 3 is 2.57 bits per heavy atom. The minimum atomic E-state index is -1.19. The Morgan fingerprint density at radius 1 is 1.17 bits per heavy atom. The Balaban J connectivity index is 2.05. The van der Waals surface area contributed by atoms with Crippen LogP contribution in [-0.2, 0) is 4.79 Å². The Kier molecular flexibility index (Phi) is 5.02. The van der Waals surface area contributed by atoms with Gasteiger partial charge in [0.25, 0.3) is 5.91 Å². The van der Waals surface area contributed by atoms with Gasteiger partial charge in [-0.15, -0.1) is 0 Å². The number of amides is 2. The van der Waals surface area contributed by atoms with Gasteiger partial charge >= 0.3 is 0 Å². The highest BCUT2D eigenvalue weighted by atomic mass is 19.1. The van der Waals surface area contributed by atoms with Crippen LogP contribution in [0, 0.1) is 11.6 Å². The molecule has 0 radical (unpaired) electrons. The lowest BCUT2D eigenvalue weighted by atomic mass is 10.1. The molecule has 0 aliphatic rings. The zero-order valence-electron chi connectivity index (χ0n) is 11.9. The summed E-state index contributed by atoms with van der Waals surface area (Å²) in [5.41, 5.74) is 5.09. The lowest BCUT2D eigenvalue weighted by Crippen LogP contribution is -2.17. The van der Waals surface area contributed by atoms with Crippen molar-refractivity contribution < 1.29 is 23.5 Å². The van der Waals surface area contributed by atoms with E-state index in [9.17, 15) is 23.5 Å². The van der Waals surface area contributed by atoms with Crippen molar-refractivity contribution in [1.82, 2.24) is 0 Å². The fraction of sp³-hybridized carbons (Fsp3) is 0.125. The normalized spacial score (nSPS) is 11.8. The topological polar surface area (TPSA) is 92.4 Å². The SMILES string of the molecule is NC(=O)c1cc(NC(=O)CC(O)c2cccc(F)c2)ccc1F. The first-order valence-corrected chi connectivity index (χ1v) is 6.69. The second kappa shape index (κ2) is 6.97. The lowest BCUT2D eigenvalue weighted by molar-refractivity contribution is -0.118. The number of anilines is 1. The second-order valence-corrected chi connectivity index (χ2v) is 4.88. The van der Waals surface area contributed by atoms with Gasteiger partial charge in [-0.3, -0.25) is 9.59 Å². The highest BCUT2D eigenvalue weighted by Gasteiger charge is 2.15. The number of halogens is 2. The summed E-state index contributed by atoms with van der Waals surface area (Å²) in [5, 5.41) is 12.3. The molecule has 23 heavy (non-hydrogen) atoms.